The van der Waals surface area contributed by atoms with Crippen molar-refractivity contribution in [2.45, 2.75) is 33.0 Å². The number of guanidine groups is 1. The summed E-state index contributed by atoms with van der Waals surface area (Å²) in [6.45, 7) is 7.75. The van der Waals surface area contributed by atoms with Gasteiger partial charge in [0.1, 0.15) is 12.1 Å². The van der Waals surface area contributed by atoms with Gasteiger partial charge >= 0.3 is 0 Å². The zero-order valence-electron chi connectivity index (χ0n) is 19.2. The van der Waals surface area contributed by atoms with Crippen LogP contribution < -0.4 is 15.5 Å². The van der Waals surface area contributed by atoms with E-state index in [1.54, 1.807) is 13.3 Å². The maximum Gasteiger partial charge on any atom is 0.226 e. The van der Waals surface area contributed by atoms with Gasteiger partial charge in [-0.3, -0.25) is 4.99 Å². The molecule has 1 aliphatic heterocycles. The van der Waals surface area contributed by atoms with Gasteiger partial charge in [0.05, 0.1) is 24.9 Å². The smallest absolute Gasteiger partial charge is 0.226 e. The van der Waals surface area contributed by atoms with Gasteiger partial charge in [-0.2, -0.15) is 0 Å². The SMILES string of the molecule is CN=C(NCc1ccnc(N2CCOC(C)C2)c1)NCc1coc(-c2ccc(C)cc2)n1.I. The number of aliphatic imine (C=N–C) groups is 1. The molecule has 0 saturated carbocycles. The van der Waals surface area contributed by atoms with Crippen molar-refractivity contribution in [1.82, 2.24) is 20.6 Å². The molecule has 33 heavy (non-hydrogen) atoms. The molecule has 1 unspecified atom stereocenters. The molecule has 0 bridgehead atoms. The number of benzene rings is 1. The van der Waals surface area contributed by atoms with E-state index in [-0.39, 0.29) is 30.1 Å². The molecular formula is C24H31IN6O2. The second-order valence-electron chi connectivity index (χ2n) is 7.94. The van der Waals surface area contributed by atoms with E-state index in [4.69, 9.17) is 9.15 Å². The number of oxazole rings is 1. The van der Waals surface area contributed by atoms with Crippen LogP contribution in [0.3, 0.4) is 0 Å². The Morgan fingerprint density at radius 3 is 2.73 bits per heavy atom. The number of pyridine rings is 1. The number of morpholine rings is 1. The normalized spacial score (nSPS) is 16.3. The molecule has 0 spiro atoms. The fourth-order valence-electron chi connectivity index (χ4n) is 3.57. The number of hydrogen-bond donors (Lipinski definition) is 2. The first-order valence-corrected chi connectivity index (χ1v) is 10.9. The zero-order valence-corrected chi connectivity index (χ0v) is 21.6. The third-order valence-corrected chi connectivity index (χ3v) is 5.35. The Labute approximate surface area is 211 Å². The molecule has 3 aromatic rings. The molecule has 0 aliphatic carbocycles. The van der Waals surface area contributed by atoms with Crippen LogP contribution in [-0.2, 0) is 17.8 Å². The van der Waals surface area contributed by atoms with Crippen LogP contribution in [0, 0.1) is 6.92 Å². The molecule has 3 heterocycles. The fourth-order valence-corrected chi connectivity index (χ4v) is 3.57. The van der Waals surface area contributed by atoms with Gasteiger partial charge in [-0.15, -0.1) is 24.0 Å². The predicted octanol–water partition coefficient (Wildman–Crippen LogP) is 3.75. The van der Waals surface area contributed by atoms with Crippen molar-refractivity contribution in [2.24, 2.45) is 4.99 Å². The Morgan fingerprint density at radius 2 is 1.97 bits per heavy atom. The number of aryl methyl sites for hydroxylation is 1. The monoisotopic (exact) mass is 562 g/mol. The molecule has 1 aliphatic rings. The first kappa shape index (κ1) is 25.0. The summed E-state index contributed by atoms with van der Waals surface area (Å²) >= 11 is 0. The lowest BCUT2D eigenvalue weighted by Gasteiger charge is -2.32. The first-order valence-electron chi connectivity index (χ1n) is 10.9. The minimum absolute atomic E-state index is 0. The molecule has 8 nitrogen and oxygen atoms in total. The quantitative estimate of drug-likeness (QED) is 0.269. The van der Waals surface area contributed by atoms with Crippen molar-refractivity contribution in [3.8, 4) is 11.5 Å². The molecule has 1 saturated heterocycles. The Hall–Kier alpha value is -2.66. The molecule has 176 valence electrons. The van der Waals surface area contributed by atoms with Gasteiger partial charge in [-0.05, 0) is 43.7 Å². The summed E-state index contributed by atoms with van der Waals surface area (Å²) in [5.41, 5.74) is 4.13. The average Bonchev–Trinajstić information content (AvgIpc) is 3.29. The number of hydrogen-bond acceptors (Lipinski definition) is 6. The summed E-state index contributed by atoms with van der Waals surface area (Å²) in [6.07, 6.45) is 3.75. The van der Waals surface area contributed by atoms with Gasteiger partial charge < -0.3 is 24.7 Å². The third kappa shape index (κ3) is 6.91. The van der Waals surface area contributed by atoms with E-state index in [2.05, 4.69) is 50.4 Å². The molecule has 4 rings (SSSR count). The summed E-state index contributed by atoms with van der Waals surface area (Å²) < 4.78 is 11.3. The zero-order chi connectivity index (χ0) is 22.3. The van der Waals surface area contributed by atoms with Crippen molar-refractivity contribution in [1.29, 1.82) is 0 Å². The van der Waals surface area contributed by atoms with Gasteiger partial charge in [-0.1, -0.05) is 17.7 Å². The molecular weight excluding hydrogens is 531 g/mol. The topological polar surface area (TPSA) is 87.8 Å². The molecule has 0 radical (unpaired) electrons. The van der Waals surface area contributed by atoms with Gasteiger partial charge in [0, 0.05) is 38.4 Å². The second kappa shape index (κ2) is 12.0. The summed E-state index contributed by atoms with van der Waals surface area (Å²) in [5.74, 6) is 2.29. The van der Waals surface area contributed by atoms with Crippen LogP contribution in [0.4, 0.5) is 5.82 Å². The van der Waals surface area contributed by atoms with Crippen molar-refractivity contribution in [3.63, 3.8) is 0 Å². The van der Waals surface area contributed by atoms with Crippen LogP contribution in [0.1, 0.15) is 23.7 Å². The standard InChI is InChI=1S/C24H30N6O2.HI/c1-17-4-6-20(7-5-17)23-29-21(16-32-23)14-28-24(25-3)27-13-19-8-9-26-22(12-19)30-10-11-31-18(2)15-30;/h4-9,12,16,18H,10-11,13-15H2,1-3H3,(H2,25,27,28);1H. The number of aromatic nitrogens is 2. The number of anilines is 1. The minimum atomic E-state index is 0. The fraction of sp³-hybridized carbons (Fsp3) is 0.375. The molecule has 0 amide bonds. The van der Waals surface area contributed by atoms with Crippen molar-refractivity contribution in [2.75, 3.05) is 31.6 Å². The average molecular weight is 562 g/mol. The lowest BCUT2D eigenvalue weighted by molar-refractivity contribution is 0.0529. The van der Waals surface area contributed by atoms with Crippen LogP contribution >= 0.6 is 24.0 Å². The van der Waals surface area contributed by atoms with Crippen LogP contribution in [0.15, 0.2) is 58.3 Å². The highest BCUT2D eigenvalue weighted by Crippen LogP contribution is 2.19. The molecule has 1 atom stereocenters. The third-order valence-electron chi connectivity index (χ3n) is 5.35. The maximum absolute atomic E-state index is 5.63. The Balaban J connectivity index is 0.00000306. The van der Waals surface area contributed by atoms with E-state index in [0.29, 0.717) is 24.9 Å². The lowest BCUT2D eigenvalue weighted by atomic mass is 10.1. The molecule has 2 aromatic heterocycles. The van der Waals surface area contributed by atoms with Gasteiger partial charge in [-0.25, -0.2) is 9.97 Å². The molecule has 1 fully saturated rings. The van der Waals surface area contributed by atoms with Gasteiger partial charge in [0.25, 0.3) is 0 Å². The number of nitrogens with zero attached hydrogens (tertiary/aromatic N) is 4. The van der Waals surface area contributed by atoms with Crippen LogP contribution in [0.5, 0.6) is 0 Å². The number of rotatable bonds is 6. The van der Waals surface area contributed by atoms with E-state index >= 15 is 0 Å². The number of ether oxygens (including phenoxy) is 1. The van der Waals surface area contributed by atoms with E-state index < -0.39 is 0 Å². The number of halogens is 1. The highest BCUT2D eigenvalue weighted by atomic mass is 127. The van der Waals surface area contributed by atoms with Crippen LogP contribution in [0.2, 0.25) is 0 Å². The summed E-state index contributed by atoms with van der Waals surface area (Å²) in [7, 11) is 1.75. The van der Waals surface area contributed by atoms with E-state index in [1.165, 1.54) is 5.56 Å². The van der Waals surface area contributed by atoms with Gasteiger partial charge in [0.2, 0.25) is 5.89 Å². The van der Waals surface area contributed by atoms with Crippen molar-refractivity contribution in [3.05, 3.63) is 65.7 Å². The number of nitrogens with one attached hydrogen (secondary N) is 2. The second-order valence-corrected chi connectivity index (χ2v) is 7.94. The van der Waals surface area contributed by atoms with E-state index in [1.807, 2.05) is 36.5 Å². The molecule has 9 heteroatoms. The van der Waals surface area contributed by atoms with E-state index in [0.717, 1.165) is 42.3 Å². The predicted molar refractivity (Wildman–Crippen MR) is 141 cm³/mol. The molecule has 1 aromatic carbocycles. The van der Waals surface area contributed by atoms with Crippen molar-refractivity contribution >= 4 is 35.8 Å². The highest BCUT2D eigenvalue weighted by molar-refractivity contribution is 14.0. The van der Waals surface area contributed by atoms with E-state index in [9.17, 15) is 0 Å². The Morgan fingerprint density at radius 1 is 1.18 bits per heavy atom. The first-order chi connectivity index (χ1) is 15.6. The van der Waals surface area contributed by atoms with Crippen LogP contribution in [0.25, 0.3) is 11.5 Å². The largest absolute Gasteiger partial charge is 0.444 e. The maximum atomic E-state index is 5.63. The van der Waals surface area contributed by atoms with Crippen molar-refractivity contribution < 1.29 is 9.15 Å². The molecule has 2 N–H and O–H groups in total. The summed E-state index contributed by atoms with van der Waals surface area (Å²) in [5, 5.41) is 6.64. The van der Waals surface area contributed by atoms with Crippen LogP contribution in [-0.4, -0.2) is 48.8 Å². The Bertz CT molecular complexity index is 1050. The summed E-state index contributed by atoms with van der Waals surface area (Å²) in [4.78, 5) is 15.7. The van der Waals surface area contributed by atoms with Gasteiger partial charge in [0.15, 0.2) is 5.96 Å². The highest BCUT2D eigenvalue weighted by Gasteiger charge is 2.18. The lowest BCUT2D eigenvalue weighted by Crippen LogP contribution is -2.41. The summed E-state index contributed by atoms with van der Waals surface area (Å²) in [6, 6.07) is 12.3. The Kier molecular flexibility index (Phi) is 9.07. The minimum Gasteiger partial charge on any atom is -0.444 e.